The van der Waals surface area contributed by atoms with Crippen LogP contribution in [0.2, 0.25) is 0 Å². The Hall–Kier alpha value is -1.34. The molecule has 70 valence electrons. The molecule has 1 aliphatic carbocycles. The van der Waals surface area contributed by atoms with E-state index in [0.717, 1.165) is 5.57 Å². The monoisotopic (exact) mass is 181 g/mol. The molecule has 0 aromatic carbocycles. The van der Waals surface area contributed by atoms with E-state index < -0.39 is 5.97 Å². The van der Waals surface area contributed by atoms with E-state index in [4.69, 9.17) is 10.00 Å². The first-order chi connectivity index (χ1) is 6.22. The molecule has 0 radical (unpaired) electrons. The van der Waals surface area contributed by atoms with Gasteiger partial charge in [-0.15, -0.1) is 0 Å². The van der Waals surface area contributed by atoms with Crippen LogP contribution in [0.3, 0.4) is 0 Å². The second-order valence-corrected chi connectivity index (χ2v) is 2.85. The summed E-state index contributed by atoms with van der Waals surface area (Å²) >= 11 is 0. The number of carbonyl (C=O) groups is 1. The Morgan fingerprint density at radius 2 is 2.15 bits per heavy atom. The van der Waals surface area contributed by atoms with Crippen LogP contribution in [0.1, 0.15) is 12.8 Å². The van der Waals surface area contributed by atoms with Gasteiger partial charge in [0.05, 0.1) is 13.2 Å². The lowest BCUT2D eigenvalue weighted by Crippen LogP contribution is -2.25. The van der Waals surface area contributed by atoms with Crippen LogP contribution in [0.5, 0.6) is 0 Å². The van der Waals surface area contributed by atoms with Crippen molar-refractivity contribution in [3.63, 3.8) is 0 Å². The predicted octanol–water partition coefficient (Wildman–Crippen LogP) is 0.788. The molecule has 0 aromatic rings. The first-order valence-corrected chi connectivity index (χ1v) is 3.96. The Morgan fingerprint density at radius 3 is 2.54 bits per heavy atom. The van der Waals surface area contributed by atoms with Gasteiger partial charge < -0.3 is 9.47 Å². The summed E-state index contributed by atoms with van der Waals surface area (Å²) in [5.41, 5.74) is 0.969. The van der Waals surface area contributed by atoms with Gasteiger partial charge in [0.15, 0.2) is 0 Å². The van der Waals surface area contributed by atoms with E-state index in [1.807, 2.05) is 6.07 Å². The predicted molar refractivity (Wildman–Crippen MR) is 44.7 cm³/mol. The third kappa shape index (κ3) is 1.87. The molecule has 1 fully saturated rings. The van der Waals surface area contributed by atoms with Gasteiger partial charge in [0.2, 0.25) is 0 Å². The van der Waals surface area contributed by atoms with Gasteiger partial charge in [0.25, 0.3) is 0 Å². The van der Waals surface area contributed by atoms with Crippen LogP contribution in [0.4, 0.5) is 0 Å². The molecular formula is C9H11NO3. The zero-order chi connectivity index (χ0) is 9.84. The highest BCUT2D eigenvalue weighted by molar-refractivity contribution is 5.93. The standard InChI is InChI=1S/C9H11NO3/c1-12-7-3-6(4-7)8(5-10)9(11)13-2/h7H,3-4H2,1-2H3. The van der Waals surface area contributed by atoms with Crippen LogP contribution < -0.4 is 0 Å². The van der Waals surface area contributed by atoms with E-state index in [9.17, 15) is 4.79 Å². The summed E-state index contributed by atoms with van der Waals surface area (Å²) in [6.07, 6.45) is 1.48. The van der Waals surface area contributed by atoms with Crippen molar-refractivity contribution in [2.45, 2.75) is 18.9 Å². The molecule has 1 rings (SSSR count). The van der Waals surface area contributed by atoms with E-state index in [-0.39, 0.29) is 11.7 Å². The van der Waals surface area contributed by atoms with Crippen LogP contribution in [0.25, 0.3) is 0 Å². The highest BCUT2D eigenvalue weighted by Gasteiger charge is 2.28. The van der Waals surface area contributed by atoms with Crippen molar-refractivity contribution in [1.82, 2.24) is 0 Å². The summed E-state index contributed by atoms with van der Waals surface area (Å²) in [5, 5.41) is 8.67. The molecule has 0 saturated heterocycles. The van der Waals surface area contributed by atoms with Crippen LogP contribution in [-0.2, 0) is 14.3 Å². The first-order valence-electron chi connectivity index (χ1n) is 3.96. The van der Waals surface area contributed by atoms with Crippen LogP contribution in [-0.4, -0.2) is 26.3 Å². The summed E-state index contributed by atoms with van der Waals surface area (Å²) in [5.74, 6) is -0.549. The van der Waals surface area contributed by atoms with Gasteiger partial charge in [-0.05, 0) is 18.4 Å². The first kappa shape index (κ1) is 9.75. The number of ether oxygens (including phenoxy) is 2. The summed E-state index contributed by atoms with van der Waals surface area (Å²) in [4.78, 5) is 11.0. The largest absolute Gasteiger partial charge is 0.465 e. The molecule has 0 amide bonds. The Kier molecular flexibility index (Phi) is 3.04. The lowest BCUT2D eigenvalue weighted by atomic mass is 9.85. The van der Waals surface area contributed by atoms with Gasteiger partial charge in [0, 0.05) is 7.11 Å². The molecule has 0 spiro atoms. The SMILES string of the molecule is COC(=O)C(C#N)=C1CC(OC)C1. The highest BCUT2D eigenvalue weighted by atomic mass is 16.5. The number of nitrogens with zero attached hydrogens (tertiary/aromatic N) is 1. The molecule has 0 atom stereocenters. The Labute approximate surface area is 76.7 Å². The van der Waals surface area contributed by atoms with Crippen LogP contribution in [0.15, 0.2) is 11.1 Å². The average Bonchev–Trinajstić information content (AvgIpc) is 2.09. The maximum atomic E-state index is 11.0. The van der Waals surface area contributed by atoms with E-state index in [1.54, 1.807) is 7.11 Å². The minimum atomic E-state index is -0.549. The third-order valence-corrected chi connectivity index (χ3v) is 2.14. The fourth-order valence-corrected chi connectivity index (χ4v) is 1.23. The van der Waals surface area contributed by atoms with Gasteiger partial charge in [0.1, 0.15) is 11.6 Å². The number of rotatable bonds is 2. The molecule has 0 unspecified atom stereocenters. The number of nitriles is 1. The van der Waals surface area contributed by atoms with E-state index in [0.29, 0.717) is 12.8 Å². The topological polar surface area (TPSA) is 59.3 Å². The zero-order valence-corrected chi connectivity index (χ0v) is 7.66. The molecular weight excluding hydrogens is 170 g/mol. The van der Waals surface area contributed by atoms with Gasteiger partial charge >= 0.3 is 5.97 Å². The van der Waals surface area contributed by atoms with Gasteiger partial charge in [-0.1, -0.05) is 0 Å². The number of esters is 1. The Bertz CT molecular complexity index is 280. The average molecular weight is 181 g/mol. The van der Waals surface area contributed by atoms with Crippen molar-refractivity contribution in [3.8, 4) is 6.07 Å². The van der Waals surface area contributed by atoms with Gasteiger partial charge in [-0.25, -0.2) is 4.79 Å². The normalized spacial score (nSPS) is 20.1. The van der Waals surface area contributed by atoms with Gasteiger partial charge in [-0.2, -0.15) is 5.26 Å². The number of methoxy groups -OCH3 is 2. The quantitative estimate of drug-likeness (QED) is 0.359. The fourth-order valence-electron chi connectivity index (χ4n) is 1.23. The molecule has 13 heavy (non-hydrogen) atoms. The molecule has 0 heterocycles. The molecule has 0 aliphatic heterocycles. The number of hydrogen-bond donors (Lipinski definition) is 0. The maximum Gasteiger partial charge on any atom is 0.348 e. The molecule has 0 N–H and O–H groups in total. The summed E-state index contributed by atoms with van der Waals surface area (Å²) < 4.78 is 9.50. The van der Waals surface area contributed by atoms with Crippen molar-refractivity contribution < 1.29 is 14.3 Å². The number of carbonyl (C=O) groups excluding carboxylic acids is 1. The smallest absolute Gasteiger partial charge is 0.348 e. The highest BCUT2D eigenvalue weighted by Crippen LogP contribution is 2.31. The molecule has 4 nitrogen and oxygen atoms in total. The van der Waals surface area contributed by atoms with E-state index >= 15 is 0 Å². The van der Waals surface area contributed by atoms with Crippen molar-refractivity contribution in [3.05, 3.63) is 11.1 Å². The maximum absolute atomic E-state index is 11.0. The molecule has 0 aromatic heterocycles. The number of hydrogen-bond acceptors (Lipinski definition) is 4. The van der Waals surface area contributed by atoms with E-state index in [2.05, 4.69) is 4.74 Å². The Balaban J connectivity index is 2.69. The van der Waals surface area contributed by atoms with Gasteiger partial charge in [-0.3, -0.25) is 0 Å². The summed E-state index contributed by atoms with van der Waals surface area (Å²) in [6.45, 7) is 0. The van der Waals surface area contributed by atoms with Crippen molar-refractivity contribution >= 4 is 5.97 Å². The molecule has 1 aliphatic rings. The molecule has 0 bridgehead atoms. The minimum absolute atomic E-state index is 0.135. The van der Waals surface area contributed by atoms with Crippen molar-refractivity contribution in [2.24, 2.45) is 0 Å². The second kappa shape index (κ2) is 4.06. The van der Waals surface area contributed by atoms with Crippen molar-refractivity contribution in [1.29, 1.82) is 5.26 Å². The Morgan fingerprint density at radius 1 is 1.54 bits per heavy atom. The lowest BCUT2D eigenvalue weighted by Gasteiger charge is -2.28. The zero-order valence-electron chi connectivity index (χ0n) is 7.66. The lowest BCUT2D eigenvalue weighted by molar-refractivity contribution is -0.135. The summed E-state index contributed by atoms with van der Waals surface area (Å²) in [6, 6.07) is 1.85. The van der Waals surface area contributed by atoms with E-state index in [1.165, 1.54) is 7.11 Å². The minimum Gasteiger partial charge on any atom is -0.465 e. The third-order valence-electron chi connectivity index (χ3n) is 2.14. The molecule has 1 saturated carbocycles. The van der Waals surface area contributed by atoms with Crippen molar-refractivity contribution in [2.75, 3.05) is 14.2 Å². The summed E-state index contributed by atoms with van der Waals surface area (Å²) in [7, 11) is 2.89. The van der Waals surface area contributed by atoms with Crippen LogP contribution in [0, 0.1) is 11.3 Å². The molecule has 4 heteroatoms. The fraction of sp³-hybridized carbons (Fsp3) is 0.556. The second-order valence-electron chi connectivity index (χ2n) is 2.85. The van der Waals surface area contributed by atoms with Crippen LogP contribution >= 0.6 is 0 Å².